The van der Waals surface area contributed by atoms with Gasteiger partial charge in [-0.1, -0.05) is 0 Å². The molecule has 0 radical (unpaired) electrons. The van der Waals surface area contributed by atoms with Gasteiger partial charge in [-0.2, -0.15) is 4.98 Å². The minimum Gasteiger partial charge on any atom is -0.485 e. The standard InChI is InChI=1S/C24H32FN9O2/c1-23(2)9-15(10-24(3,4)31-23)27-20-18(25)11-26-22(29-20)28-14-6-7-19(36-16-12-35-13-16)17(8-14)21-30-32-33-34(21)5/h6-8,11,15-16,31H,9-10,12-13H2,1-5H3,(H2,26,27,28,29). The molecule has 12 heteroatoms. The summed E-state index contributed by atoms with van der Waals surface area (Å²) in [4.78, 5) is 8.58. The molecule has 192 valence electrons. The van der Waals surface area contributed by atoms with Crippen LogP contribution in [-0.2, 0) is 11.8 Å². The van der Waals surface area contributed by atoms with Gasteiger partial charge >= 0.3 is 0 Å². The first-order valence-corrected chi connectivity index (χ1v) is 12.0. The van der Waals surface area contributed by atoms with Crippen molar-refractivity contribution in [2.24, 2.45) is 7.05 Å². The Labute approximate surface area is 209 Å². The third-order valence-electron chi connectivity index (χ3n) is 6.27. The summed E-state index contributed by atoms with van der Waals surface area (Å²) in [6.07, 6.45) is 2.84. The molecule has 1 aromatic carbocycles. The lowest BCUT2D eigenvalue weighted by Crippen LogP contribution is -2.60. The average Bonchev–Trinajstić information content (AvgIpc) is 3.17. The molecule has 11 nitrogen and oxygen atoms in total. The summed E-state index contributed by atoms with van der Waals surface area (Å²) in [6, 6.07) is 5.61. The van der Waals surface area contributed by atoms with Crippen LogP contribution in [-0.4, -0.2) is 66.6 Å². The molecule has 0 aliphatic carbocycles. The zero-order valence-electron chi connectivity index (χ0n) is 21.2. The highest BCUT2D eigenvalue weighted by Crippen LogP contribution is 2.34. The van der Waals surface area contributed by atoms with E-state index in [4.69, 9.17) is 9.47 Å². The van der Waals surface area contributed by atoms with Crippen molar-refractivity contribution in [3.8, 4) is 17.1 Å². The third-order valence-corrected chi connectivity index (χ3v) is 6.27. The van der Waals surface area contributed by atoms with Crippen LogP contribution in [0, 0.1) is 5.82 Å². The number of nitrogens with one attached hydrogen (secondary N) is 3. The maximum Gasteiger partial charge on any atom is 0.229 e. The van der Waals surface area contributed by atoms with Crippen LogP contribution >= 0.6 is 0 Å². The smallest absolute Gasteiger partial charge is 0.229 e. The molecule has 0 bridgehead atoms. The molecule has 0 atom stereocenters. The highest BCUT2D eigenvalue weighted by molar-refractivity contribution is 5.71. The van der Waals surface area contributed by atoms with Crippen molar-refractivity contribution < 1.29 is 13.9 Å². The van der Waals surface area contributed by atoms with E-state index in [0.717, 1.165) is 12.8 Å². The topological polar surface area (TPSA) is 124 Å². The summed E-state index contributed by atoms with van der Waals surface area (Å²) in [5.41, 5.74) is 1.24. The van der Waals surface area contributed by atoms with Crippen LogP contribution in [0.1, 0.15) is 40.5 Å². The molecule has 0 spiro atoms. The van der Waals surface area contributed by atoms with Gasteiger partial charge in [-0.25, -0.2) is 14.1 Å². The zero-order chi connectivity index (χ0) is 25.5. The first-order valence-electron chi connectivity index (χ1n) is 12.0. The summed E-state index contributed by atoms with van der Waals surface area (Å²) in [5.74, 6) is 1.15. The number of piperidine rings is 1. The SMILES string of the molecule is Cn1nnnc1-c1cc(Nc2ncc(F)c(NC3CC(C)(C)NC(C)(C)C3)n2)ccc1OC1COC1. The number of hydrogen-bond acceptors (Lipinski definition) is 10. The van der Waals surface area contributed by atoms with Gasteiger partial charge in [0.25, 0.3) is 0 Å². The van der Waals surface area contributed by atoms with Crippen LogP contribution in [0.3, 0.4) is 0 Å². The van der Waals surface area contributed by atoms with Crippen molar-refractivity contribution in [2.45, 2.75) is 63.8 Å². The number of nitrogens with zero attached hydrogens (tertiary/aromatic N) is 6. The van der Waals surface area contributed by atoms with E-state index in [0.29, 0.717) is 36.0 Å². The van der Waals surface area contributed by atoms with Crippen LogP contribution in [0.25, 0.3) is 11.4 Å². The van der Waals surface area contributed by atoms with Crippen molar-refractivity contribution in [3.63, 3.8) is 0 Å². The summed E-state index contributed by atoms with van der Waals surface area (Å²) >= 11 is 0. The number of halogens is 1. The molecule has 36 heavy (non-hydrogen) atoms. The van der Waals surface area contributed by atoms with Gasteiger partial charge in [0.15, 0.2) is 17.5 Å². The lowest BCUT2D eigenvalue weighted by molar-refractivity contribution is -0.0794. The van der Waals surface area contributed by atoms with E-state index >= 15 is 0 Å². The minimum absolute atomic E-state index is 0.0113. The number of aromatic nitrogens is 6. The lowest BCUT2D eigenvalue weighted by Gasteiger charge is -2.46. The normalized spacial score (nSPS) is 19.5. The van der Waals surface area contributed by atoms with Gasteiger partial charge in [0.2, 0.25) is 5.95 Å². The molecule has 0 amide bonds. The van der Waals surface area contributed by atoms with Crippen molar-refractivity contribution in [1.29, 1.82) is 0 Å². The Kier molecular flexibility index (Phi) is 6.25. The number of anilines is 3. The van der Waals surface area contributed by atoms with E-state index in [1.165, 1.54) is 6.20 Å². The summed E-state index contributed by atoms with van der Waals surface area (Å²) in [6.45, 7) is 9.70. The molecule has 2 aromatic heterocycles. The Morgan fingerprint density at radius 2 is 1.92 bits per heavy atom. The molecule has 0 unspecified atom stereocenters. The van der Waals surface area contributed by atoms with Gasteiger partial charge in [0, 0.05) is 29.9 Å². The van der Waals surface area contributed by atoms with E-state index < -0.39 is 5.82 Å². The molecule has 4 heterocycles. The Bertz CT molecular complexity index is 1230. The van der Waals surface area contributed by atoms with E-state index in [1.807, 2.05) is 18.2 Å². The highest BCUT2D eigenvalue weighted by Gasteiger charge is 2.38. The Balaban J connectivity index is 1.38. The van der Waals surface area contributed by atoms with Crippen LogP contribution < -0.4 is 20.7 Å². The molecule has 5 rings (SSSR count). The van der Waals surface area contributed by atoms with E-state index in [2.05, 4.69) is 69.1 Å². The third kappa shape index (κ3) is 5.39. The summed E-state index contributed by atoms with van der Waals surface area (Å²) in [7, 11) is 1.76. The maximum atomic E-state index is 14.7. The van der Waals surface area contributed by atoms with Crippen LogP contribution in [0.2, 0.25) is 0 Å². The van der Waals surface area contributed by atoms with Crippen molar-refractivity contribution in [1.82, 2.24) is 35.5 Å². The summed E-state index contributed by atoms with van der Waals surface area (Å²) < 4.78 is 27.5. The molecule has 2 aliphatic heterocycles. The van der Waals surface area contributed by atoms with Gasteiger partial charge in [-0.15, -0.1) is 5.10 Å². The Morgan fingerprint density at radius 3 is 2.56 bits per heavy atom. The zero-order valence-corrected chi connectivity index (χ0v) is 21.2. The van der Waals surface area contributed by atoms with Gasteiger partial charge in [-0.3, -0.25) is 0 Å². The number of hydrogen-bond donors (Lipinski definition) is 3. The number of tetrazole rings is 1. The van der Waals surface area contributed by atoms with Gasteiger partial charge in [-0.05, 0) is 69.2 Å². The van der Waals surface area contributed by atoms with Crippen molar-refractivity contribution in [2.75, 3.05) is 23.8 Å². The summed E-state index contributed by atoms with van der Waals surface area (Å²) in [5, 5.41) is 21.9. The van der Waals surface area contributed by atoms with E-state index in [-0.39, 0.29) is 35.0 Å². The fourth-order valence-corrected chi connectivity index (χ4v) is 5.08. The second kappa shape index (κ2) is 9.25. The maximum absolute atomic E-state index is 14.7. The molecule has 0 saturated carbocycles. The number of benzene rings is 1. The van der Waals surface area contributed by atoms with Gasteiger partial charge in [0.1, 0.15) is 11.9 Å². The fourth-order valence-electron chi connectivity index (χ4n) is 5.08. The predicted octanol–water partition coefficient (Wildman–Crippen LogP) is 3.05. The number of ether oxygens (including phenoxy) is 2. The van der Waals surface area contributed by atoms with Crippen molar-refractivity contribution >= 4 is 17.5 Å². The van der Waals surface area contributed by atoms with Crippen molar-refractivity contribution in [3.05, 3.63) is 30.2 Å². The van der Waals surface area contributed by atoms with Gasteiger partial charge in [0.05, 0.1) is 25.0 Å². The van der Waals surface area contributed by atoms with Gasteiger partial charge < -0.3 is 25.4 Å². The molecular formula is C24H32FN9O2. The minimum atomic E-state index is -0.494. The lowest BCUT2D eigenvalue weighted by atomic mass is 9.79. The quantitative estimate of drug-likeness (QED) is 0.449. The Morgan fingerprint density at radius 1 is 1.17 bits per heavy atom. The second-order valence-corrected chi connectivity index (χ2v) is 10.8. The Hall–Kier alpha value is -3.38. The highest BCUT2D eigenvalue weighted by atomic mass is 19.1. The average molecular weight is 498 g/mol. The number of rotatable bonds is 7. The number of aryl methyl sites for hydroxylation is 1. The molecule has 3 N–H and O–H groups in total. The van der Waals surface area contributed by atoms with Crippen LogP contribution in [0.15, 0.2) is 24.4 Å². The largest absolute Gasteiger partial charge is 0.485 e. The van der Waals surface area contributed by atoms with E-state index in [9.17, 15) is 4.39 Å². The molecule has 2 aliphatic rings. The monoisotopic (exact) mass is 497 g/mol. The first-order chi connectivity index (χ1) is 17.1. The molecule has 3 aromatic rings. The van der Waals surface area contributed by atoms with Crippen LogP contribution in [0.5, 0.6) is 5.75 Å². The van der Waals surface area contributed by atoms with Crippen LogP contribution in [0.4, 0.5) is 21.8 Å². The first kappa shape index (κ1) is 24.3. The molecule has 2 saturated heterocycles. The predicted molar refractivity (Wildman–Crippen MR) is 133 cm³/mol. The fraction of sp³-hybridized carbons (Fsp3) is 0.542. The van der Waals surface area contributed by atoms with E-state index in [1.54, 1.807) is 11.7 Å². The molecular weight excluding hydrogens is 465 g/mol. The second-order valence-electron chi connectivity index (χ2n) is 10.8. The molecule has 2 fully saturated rings.